The Hall–Kier alpha value is -1.09. The molecule has 0 unspecified atom stereocenters. The smallest absolute Gasteiger partial charge is 0.146 e. The van der Waals surface area contributed by atoms with E-state index in [1.54, 1.807) is 6.07 Å². The average Bonchev–Trinajstić information content (AvgIpc) is 2.08. The van der Waals surface area contributed by atoms with Crippen LogP contribution in [-0.2, 0) is 12.8 Å². The van der Waals surface area contributed by atoms with Crippen LogP contribution in [0.15, 0.2) is 12.1 Å². The van der Waals surface area contributed by atoms with E-state index < -0.39 is 0 Å². The van der Waals surface area contributed by atoms with E-state index in [1.165, 1.54) is 6.07 Å². The van der Waals surface area contributed by atoms with Gasteiger partial charge in [-0.05, 0) is 42.5 Å². The molecule has 0 aliphatic heterocycles. The number of rotatable bonds is 0. The third kappa shape index (κ3) is 1.52. The number of benzene rings is 1. The van der Waals surface area contributed by atoms with E-state index in [0.29, 0.717) is 0 Å². The lowest BCUT2D eigenvalue weighted by Gasteiger charge is -2.21. The lowest BCUT2D eigenvalue weighted by Crippen LogP contribution is -2.28. The maximum atomic E-state index is 13.1. The molecule has 1 aliphatic carbocycles. The summed E-state index contributed by atoms with van der Waals surface area (Å²) in [5, 5.41) is 0. The zero-order valence-corrected chi connectivity index (χ0v) is 7.39. The van der Waals surface area contributed by atoms with Crippen LogP contribution in [0.25, 0.3) is 0 Å². The van der Waals surface area contributed by atoms with Crippen LogP contribution in [-0.4, -0.2) is 6.04 Å². The first-order valence-corrected chi connectivity index (χ1v) is 4.49. The molecule has 1 aliphatic rings. The van der Waals surface area contributed by atoms with Gasteiger partial charge >= 0.3 is 0 Å². The Labute approximate surface area is 76.7 Å². The average molecular weight is 180 g/mol. The predicted octanol–water partition coefficient (Wildman–Crippen LogP) is 1.22. The van der Waals surface area contributed by atoms with Gasteiger partial charge in [0.1, 0.15) is 5.82 Å². The summed E-state index contributed by atoms with van der Waals surface area (Å²) < 4.78 is 13.1. The molecular weight excluding hydrogens is 167 g/mol. The van der Waals surface area contributed by atoms with Gasteiger partial charge in [0.25, 0.3) is 0 Å². The highest BCUT2D eigenvalue weighted by molar-refractivity contribution is 5.47. The number of fused-ring (bicyclic) bond motifs is 1. The first-order valence-electron chi connectivity index (χ1n) is 4.49. The monoisotopic (exact) mass is 180 g/mol. The molecule has 2 nitrogen and oxygen atoms in total. The van der Waals surface area contributed by atoms with Gasteiger partial charge in [0.05, 0.1) is 5.69 Å². The van der Waals surface area contributed by atoms with Crippen molar-refractivity contribution < 1.29 is 4.39 Å². The fourth-order valence-corrected chi connectivity index (χ4v) is 1.83. The van der Waals surface area contributed by atoms with Gasteiger partial charge in [0, 0.05) is 6.04 Å². The third-order valence-corrected chi connectivity index (χ3v) is 2.59. The van der Waals surface area contributed by atoms with Crippen molar-refractivity contribution in [2.45, 2.75) is 25.3 Å². The Morgan fingerprint density at radius 1 is 1.31 bits per heavy atom. The van der Waals surface area contributed by atoms with E-state index in [9.17, 15) is 4.39 Å². The fourth-order valence-electron chi connectivity index (χ4n) is 1.83. The normalized spacial score (nSPS) is 21.2. The summed E-state index contributed by atoms with van der Waals surface area (Å²) in [4.78, 5) is 0. The number of aryl methyl sites for hydroxylation is 1. The Bertz CT molecular complexity index is 336. The molecule has 2 rings (SSSR count). The largest absolute Gasteiger partial charge is 0.396 e. The van der Waals surface area contributed by atoms with E-state index in [-0.39, 0.29) is 17.5 Å². The molecule has 0 heterocycles. The third-order valence-electron chi connectivity index (χ3n) is 2.59. The Morgan fingerprint density at radius 2 is 2.08 bits per heavy atom. The number of hydrogen-bond donors (Lipinski definition) is 2. The fraction of sp³-hybridized carbons (Fsp3) is 0.400. The van der Waals surface area contributed by atoms with E-state index in [1.807, 2.05) is 0 Å². The van der Waals surface area contributed by atoms with Crippen LogP contribution in [0.3, 0.4) is 0 Å². The van der Waals surface area contributed by atoms with Crippen molar-refractivity contribution in [1.29, 1.82) is 0 Å². The van der Waals surface area contributed by atoms with Gasteiger partial charge in [-0.15, -0.1) is 0 Å². The molecular formula is C10H13FN2. The molecule has 13 heavy (non-hydrogen) atoms. The van der Waals surface area contributed by atoms with Crippen molar-refractivity contribution in [3.63, 3.8) is 0 Å². The molecule has 70 valence electrons. The van der Waals surface area contributed by atoms with Crippen LogP contribution < -0.4 is 11.5 Å². The minimum Gasteiger partial charge on any atom is -0.396 e. The highest BCUT2D eigenvalue weighted by Gasteiger charge is 2.16. The van der Waals surface area contributed by atoms with Crippen LogP contribution in [0.5, 0.6) is 0 Å². The molecule has 0 saturated heterocycles. The second-order valence-corrected chi connectivity index (χ2v) is 3.65. The molecule has 4 N–H and O–H groups in total. The molecule has 0 saturated carbocycles. The standard InChI is InChI=1S/C10H13FN2/c11-9-4-7-3-8(12)2-1-6(7)5-10(9)13/h4-5,8H,1-3,12-13H2/t8-/m1/s1. The van der Waals surface area contributed by atoms with Gasteiger partial charge in [-0.2, -0.15) is 0 Å². The predicted molar refractivity (Wildman–Crippen MR) is 50.8 cm³/mol. The van der Waals surface area contributed by atoms with Gasteiger partial charge in [-0.25, -0.2) is 4.39 Å². The molecule has 0 amide bonds. The first-order chi connectivity index (χ1) is 6.16. The van der Waals surface area contributed by atoms with Crippen LogP contribution in [0.4, 0.5) is 10.1 Å². The summed E-state index contributed by atoms with van der Waals surface area (Å²) in [6.45, 7) is 0. The summed E-state index contributed by atoms with van der Waals surface area (Å²) in [7, 11) is 0. The highest BCUT2D eigenvalue weighted by atomic mass is 19.1. The van der Waals surface area contributed by atoms with Crippen LogP contribution in [0.2, 0.25) is 0 Å². The molecule has 1 aromatic rings. The summed E-state index contributed by atoms with van der Waals surface area (Å²) in [6, 6.07) is 3.43. The Morgan fingerprint density at radius 3 is 2.85 bits per heavy atom. The van der Waals surface area contributed by atoms with Gasteiger partial charge in [0.15, 0.2) is 0 Å². The van der Waals surface area contributed by atoms with Crippen LogP contribution >= 0.6 is 0 Å². The molecule has 0 spiro atoms. The van der Waals surface area contributed by atoms with Gasteiger partial charge < -0.3 is 11.5 Å². The minimum absolute atomic E-state index is 0.176. The molecule has 0 bridgehead atoms. The molecule has 1 aromatic carbocycles. The van der Waals surface area contributed by atoms with Crippen LogP contribution in [0.1, 0.15) is 17.5 Å². The van der Waals surface area contributed by atoms with E-state index in [0.717, 1.165) is 30.4 Å². The quantitative estimate of drug-likeness (QED) is 0.590. The van der Waals surface area contributed by atoms with Crippen molar-refractivity contribution in [2.24, 2.45) is 5.73 Å². The van der Waals surface area contributed by atoms with Gasteiger partial charge in [0.2, 0.25) is 0 Å². The summed E-state index contributed by atoms with van der Waals surface area (Å²) in [5.74, 6) is -0.326. The lowest BCUT2D eigenvalue weighted by atomic mass is 9.88. The number of nitrogens with two attached hydrogens (primary N) is 2. The molecule has 0 aromatic heterocycles. The lowest BCUT2D eigenvalue weighted by molar-refractivity contribution is 0.567. The van der Waals surface area contributed by atoms with Crippen LogP contribution in [0, 0.1) is 5.82 Å². The second-order valence-electron chi connectivity index (χ2n) is 3.65. The van der Waals surface area contributed by atoms with Crippen molar-refractivity contribution in [3.8, 4) is 0 Å². The first kappa shape index (κ1) is 8.51. The van der Waals surface area contributed by atoms with Crippen molar-refractivity contribution in [3.05, 3.63) is 29.1 Å². The maximum Gasteiger partial charge on any atom is 0.146 e. The molecule has 3 heteroatoms. The van der Waals surface area contributed by atoms with Crippen molar-refractivity contribution in [1.82, 2.24) is 0 Å². The van der Waals surface area contributed by atoms with E-state index >= 15 is 0 Å². The number of anilines is 1. The topological polar surface area (TPSA) is 52.0 Å². The van der Waals surface area contributed by atoms with Crippen molar-refractivity contribution in [2.75, 3.05) is 5.73 Å². The summed E-state index contributed by atoms with van der Waals surface area (Å²) in [6.07, 6.45) is 2.66. The van der Waals surface area contributed by atoms with Crippen molar-refractivity contribution >= 4 is 5.69 Å². The molecule has 0 fully saturated rings. The minimum atomic E-state index is -0.326. The summed E-state index contributed by atoms with van der Waals surface area (Å²) in [5.41, 5.74) is 13.7. The zero-order chi connectivity index (χ0) is 9.42. The van der Waals surface area contributed by atoms with E-state index in [2.05, 4.69) is 0 Å². The van der Waals surface area contributed by atoms with E-state index in [4.69, 9.17) is 11.5 Å². The SMILES string of the molecule is Nc1cc2c(cc1F)C[C@H](N)CC2. The number of halogens is 1. The second kappa shape index (κ2) is 3.00. The number of nitrogen functional groups attached to an aromatic ring is 1. The van der Waals surface area contributed by atoms with Gasteiger partial charge in [-0.3, -0.25) is 0 Å². The Balaban J connectivity index is 2.43. The van der Waals surface area contributed by atoms with Gasteiger partial charge in [-0.1, -0.05) is 0 Å². The number of hydrogen-bond acceptors (Lipinski definition) is 2. The molecule has 1 atom stereocenters. The Kier molecular flexibility index (Phi) is 1.96. The zero-order valence-electron chi connectivity index (χ0n) is 7.39. The molecule has 0 radical (unpaired) electrons. The highest BCUT2D eigenvalue weighted by Crippen LogP contribution is 2.24. The summed E-state index contributed by atoms with van der Waals surface area (Å²) >= 11 is 0. The maximum absolute atomic E-state index is 13.1.